The second-order valence-electron chi connectivity index (χ2n) is 9.59. The van der Waals surface area contributed by atoms with E-state index in [0.29, 0.717) is 17.9 Å². The molecule has 0 saturated carbocycles. The lowest BCUT2D eigenvalue weighted by molar-refractivity contribution is 0.0679. The van der Waals surface area contributed by atoms with Gasteiger partial charge in [-0.3, -0.25) is 9.69 Å². The van der Waals surface area contributed by atoms with Gasteiger partial charge in [0.15, 0.2) is 0 Å². The highest BCUT2D eigenvalue weighted by Gasteiger charge is 2.50. The lowest BCUT2D eigenvalue weighted by atomic mass is 9.89. The number of piperidine rings is 1. The fraction of sp³-hybridized carbons (Fsp3) is 0.500. The molecule has 5 rings (SSSR count). The number of carbonyl (C=O) groups is 1. The minimum atomic E-state index is 0.182. The normalized spacial score (nSPS) is 28.1. The molecule has 3 atom stereocenters. The Bertz CT molecular complexity index is 873. The monoisotopic (exact) mass is 403 g/mol. The molecule has 1 amide bonds. The van der Waals surface area contributed by atoms with E-state index in [-0.39, 0.29) is 11.9 Å². The van der Waals surface area contributed by atoms with E-state index in [1.165, 1.54) is 37.1 Å². The zero-order chi connectivity index (χ0) is 20.7. The van der Waals surface area contributed by atoms with E-state index in [1.807, 2.05) is 24.3 Å². The molecule has 30 heavy (non-hydrogen) atoms. The summed E-state index contributed by atoms with van der Waals surface area (Å²) < 4.78 is 0. The molecule has 158 valence electrons. The van der Waals surface area contributed by atoms with Crippen LogP contribution in [0.1, 0.15) is 40.4 Å². The molecular weight excluding hydrogens is 370 g/mol. The third-order valence-electron chi connectivity index (χ3n) is 7.60. The molecule has 0 unspecified atom stereocenters. The van der Waals surface area contributed by atoms with Crippen molar-refractivity contribution in [3.63, 3.8) is 0 Å². The predicted octanol–water partition coefficient (Wildman–Crippen LogP) is 3.83. The van der Waals surface area contributed by atoms with Crippen molar-refractivity contribution >= 4 is 5.91 Å². The third-order valence-corrected chi connectivity index (χ3v) is 7.60. The number of rotatable bonds is 3. The minimum absolute atomic E-state index is 0.182. The standard InChI is InChI=1S/C26H33N3O/c1-19-8-10-21(11-9-19)26(30)29-17-22-16-28(23-12-14-27(2)15-13-23)18-24(22)25(29)20-6-4-3-5-7-20/h3-11,22-25H,12-18H2,1-2H3/t22-,24-,25+/m0/s1. The van der Waals surface area contributed by atoms with Gasteiger partial charge >= 0.3 is 0 Å². The molecular formula is C26H33N3O. The highest BCUT2D eigenvalue weighted by molar-refractivity contribution is 5.94. The van der Waals surface area contributed by atoms with Gasteiger partial charge in [-0.25, -0.2) is 0 Å². The number of hydrogen-bond acceptors (Lipinski definition) is 3. The maximum absolute atomic E-state index is 13.5. The Kier molecular flexibility index (Phi) is 5.38. The highest BCUT2D eigenvalue weighted by Crippen LogP contribution is 2.46. The van der Waals surface area contributed by atoms with Crippen molar-refractivity contribution in [2.24, 2.45) is 11.8 Å². The van der Waals surface area contributed by atoms with E-state index < -0.39 is 0 Å². The maximum atomic E-state index is 13.5. The Morgan fingerprint density at radius 3 is 2.30 bits per heavy atom. The number of carbonyl (C=O) groups excluding carboxylic acids is 1. The molecule has 4 nitrogen and oxygen atoms in total. The quantitative estimate of drug-likeness (QED) is 0.779. The second kappa shape index (κ2) is 8.16. The van der Waals surface area contributed by atoms with Crippen LogP contribution in [0, 0.1) is 18.8 Å². The third kappa shape index (κ3) is 3.67. The first-order chi connectivity index (χ1) is 14.6. The smallest absolute Gasteiger partial charge is 0.254 e. The first-order valence-corrected chi connectivity index (χ1v) is 11.5. The molecule has 4 heteroatoms. The summed E-state index contributed by atoms with van der Waals surface area (Å²) in [6, 6.07) is 19.7. The van der Waals surface area contributed by atoms with Crippen molar-refractivity contribution in [3.8, 4) is 0 Å². The van der Waals surface area contributed by atoms with Crippen LogP contribution in [0.15, 0.2) is 54.6 Å². The molecule has 0 spiro atoms. The average molecular weight is 404 g/mol. The van der Waals surface area contributed by atoms with Crippen LogP contribution in [0.5, 0.6) is 0 Å². The maximum Gasteiger partial charge on any atom is 0.254 e. The lowest BCUT2D eigenvalue weighted by Crippen LogP contribution is -2.44. The lowest BCUT2D eigenvalue weighted by Gasteiger charge is -2.37. The number of amides is 1. The number of fused-ring (bicyclic) bond motifs is 1. The fourth-order valence-corrected chi connectivity index (χ4v) is 5.89. The van der Waals surface area contributed by atoms with Gasteiger partial charge in [-0.1, -0.05) is 48.0 Å². The molecule has 2 aromatic rings. The van der Waals surface area contributed by atoms with Crippen molar-refractivity contribution < 1.29 is 4.79 Å². The summed E-state index contributed by atoms with van der Waals surface area (Å²) in [4.78, 5) is 20.9. The van der Waals surface area contributed by atoms with Crippen LogP contribution >= 0.6 is 0 Å². The molecule has 3 fully saturated rings. The van der Waals surface area contributed by atoms with E-state index >= 15 is 0 Å². The van der Waals surface area contributed by atoms with Gasteiger partial charge < -0.3 is 9.80 Å². The summed E-state index contributed by atoms with van der Waals surface area (Å²) in [5.41, 5.74) is 3.29. The van der Waals surface area contributed by atoms with Gasteiger partial charge in [0.1, 0.15) is 0 Å². The van der Waals surface area contributed by atoms with E-state index in [4.69, 9.17) is 0 Å². The molecule has 2 aromatic carbocycles. The van der Waals surface area contributed by atoms with E-state index in [0.717, 1.165) is 25.2 Å². The zero-order valence-electron chi connectivity index (χ0n) is 18.2. The van der Waals surface area contributed by atoms with Crippen LogP contribution in [-0.4, -0.2) is 66.4 Å². The van der Waals surface area contributed by atoms with Gasteiger partial charge in [0.25, 0.3) is 5.91 Å². The zero-order valence-corrected chi connectivity index (χ0v) is 18.2. The van der Waals surface area contributed by atoms with Crippen LogP contribution in [0.2, 0.25) is 0 Å². The van der Waals surface area contributed by atoms with Crippen LogP contribution in [-0.2, 0) is 0 Å². The highest BCUT2D eigenvalue weighted by atomic mass is 16.2. The molecule has 3 aliphatic heterocycles. The molecule has 3 aliphatic rings. The van der Waals surface area contributed by atoms with Gasteiger partial charge in [-0.15, -0.1) is 0 Å². The van der Waals surface area contributed by atoms with Crippen molar-refractivity contribution in [2.75, 3.05) is 39.8 Å². The van der Waals surface area contributed by atoms with Crippen molar-refractivity contribution in [1.29, 1.82) is 0 Å². The Hall–Kier alpha value is -2.17. The molecule has 0 radical (unpaired) electrons. The Morgan fingerprint density at radius 2 is 1.60 bits per heavy atom. The van der Waals surface area contributed by atoms with Gasteiger partial charge in [0.2, 0.25) is 0 Å². The number of aryl methyl sites for hydroxylation is 1. The van der Waals surface area contributed by atoms with Crippen LogP contribution in [0.25, 0.3) is 0 Å². The first kappa shape index (κ1) is 19.8. The van der Waals surface area contributed by atoms with Gasteiger partial charge in [0, 0.05) is 37.2 Å². The summed E-state index contributed by atoms with van der Waals surface area (Å²) in [6.45, 7) is 7.61. The van der Waals surface area contributed by atoms with E-state index in [9.17, 15) is 4.79 Å². The van der Waals surface area contributed by atoms with E-state index in [2.05, 4.69) is 59.0 Å². The summed E-state index contributed by atoms with van der Waals surface area (Å²) in [5, 5.41) is 0. The summed E-state index contributed by atoms with van der Waals surface area (Å²) >= 11 is 0. The fourth-order valence-electron chi connectivity index (χ4n) is 5.89. The molecule has 0 aromatic heterocycles. The van der Waals surface area contributed by atoms with Crippen LogP contribution in [0.4, 0.5) is 0 Å². The predicted molar refractivity (Wildman–Crippen MR) is 120 cm³/mol. The largest absolute Gasteiger partial charge is 0.331 e. The van der Waals surface area contributed by atoms with Crippen LogP contribution in [0.3, 0.4) is 0 Å². The van der Waals surface area contributed by atoms with Crippen molar-refractivity contribution in [2.45, 2.75) is 31.8 Å². The molecule has 0 N–H and O–H groups in total. The SMILES string of the molecule is Cc1ccc(C(=O)N2C[C@@H]3CN(C4CCN(C)CC4)C[C@@H]3[C@H]2c2ccccc2)cc1. The average Bonchev–Trinajstić information content (AvgIpc) is 3.33. The van der Waals surface area contributed by atoms with Gasteiger partial charge in [0.05, 0.1) is 6.04 Å². The molecule has 0 aliphatic carbocycles. The topological polar surface area (TPSA) is 26.8 Å². The second-order valence-corrected chi connectivity index (χ2v) is 9.59. The summed E-state index contributed by atoms with van der Waals surface area (Å²) in [7, 11) is 2.23. The number of likely N-dealkylation sites (tertiary alicyclic amines) is 3. The first-order valence-electron chi connectivity index (χ1n) is 11.5. The van der Waals surface area contributed by atoms with E-state index in [1.54, 1.807) is 0 Å². The number of nitrogens with zero attached hydrogens (tertiary/aromatic N) is 3. The Balaban J connectivity index is 1.39. The summed E-state index contributed by atoms with van der Waals surface area (Å²) in [5.74, 6) is 1.29. The van der Waals surface area contributed by atoms with Crippen molar-refractivity contribution in [1.82, 2.24) is 14.7 Å². The number of hydrogen-bond donors (Lipinski definition) is 0. The molecule has 0 bridgehead atoms. The Morgan fingerprint density at radius 1 is 0.900 bits per heavy atom. The summed E-state index contributed by atoms with van der Waals surface area (Å²) in [6.07, 6.45) is 2.55. The van der Waals surface area contributed by atoms with Crippen molar-refractivity contribution in [3.05, 3.63) is 71.3 Å². The Labute approximate surface area is 180 Å². The van der Waals surface area contributed by atoms with Crippen LogP contribution < -0.4 is 0 Å². The van der Waals surface area contributed by atoms with Gasteiger partial charge in [-0.05, 0) is 63.5 Å². The number of benzene rings is 2. The minimum Gasteiger partial charge on any atom is -0.331 e. The molecule has 3 saturated heterocycles. The molecule has 3 heterocycles. The van der Waals surface area contributed by atoms with Gasteiger partial charge in [-0.2, -0.15) is 0 Å².